The van der Waals surface area contributed by atoms with E-state index in [1.165, 1.54) is 6.08 Å². The summed E-state index contributed by atoms with van der Waals surface area (Å²) in [5.41, 5.74) is 0. The Labute approximate surface area is 150 Å². The molecule has 0 aliphatic heterocycles. The highest BCUT2D eigenvalue weighted by molar-refractivity contribution is 7.48. The Kier molecular flexibility index (Phi) is 13.6. The van der Waals surface area contributed by atoms with Crippen molar-refractivity contribution < 1.29 is 27.7 Å². The molecule has 0 spiro atoms. The number of amides is 1. The van der Waals surface area contributed by atoms with Crippen LogP contribution in [0.3, 0.4) is 0 Å². The van der Waals surface area contributed by atoms with Crippen LogP contribution in [-0.4, -0.2) is 51.6 Å². The van der Waals surface area contributed by atoms with Crippen LogP contribution in [0, 0.1) is 5.92 Å². The van der Waals surface area contributed by atoms with Gasteiger partial charge in [0.2, 0.25) is 6.41 Å². The zero-order chi connectivity index (χ0) is 19.1. The van der Waals surface area contributed by atoms with E-state index in [0.29, 0.717) is 25.3 Å². The van der Waals surface area contributed by atoms with Crippen LogP contribution >= 0.6 is 7.82 Å². The molecule has 9 heteroatoms. The number of nitrogens with one attached hydrogen (secondary N) is 2. The van der Waals surface area contributed by atoms with Crippen molar-refractivity contribution in [3.8, 4) is 0 Å². The average molecular weight is 378 g/mol. The summed E-state index contributed by atoms with van der Waals surface area (Å²) in [6.07, 6.45) is 3.83. The fraction of sp³-hybridized carbons (Fsp3) is 0.750. The number of hydrogen-bond donors (Lipinski definition) is 2. The first-order valence-electron chi connectivity index (χ1n) is 8.43. The van der Waals surface area contributed by atoms with Gasteiger partial charge in [-0.25, -0.2) is 4.57 Å². The van der Waals surface area contributed by atoms with Crippen molar-refractivity contribution in [1.29, 1.82) is 0 Å². The number of carbonyl (C=O) groups excluding carboxylic acids is 2. The third-order valence-corrected chi connectivity index (χ3v) is 5.02. The molecule has 0 aromatic heterocycles. The first-order chi connectivity index (χ1) is 11.9. The number of hydrogen-bond acceptors (Lipinski definition) is 7. The maximum absolute atomic E-state index is 12.5. The molecule has 1 amide bonds. The van der Waals surface area contributed by atoms with E-state index in [9.17, 15) is 14.2 Å². The largest absolute Gasteiger partial charge is 0.475 e. The van der Waals surface area contributed by atoms with Crippen LogP contribution in [0.2, 0.25) is 0 Å². The van der Waals surface area contributed by atoms with E-state index in [4.69, 9.17) is 13.6 Å². The fourth-order valence-electron chi connectivity index (χ4n) is 1.76. The molecule has 0 heterocycles. The van der Waals surface area contributed by atoms with Crippen LogP contribution in [0.4, 0.5) is 0 Å². The van der Waals surface area contributed by atoms with Gasteiger partial charge in [0.1, 0.15) is 6.04 Å². The number of ketones is 1. The molecule has 0 saturated carbocycles. The molecule has 0 aromatic carbocycles. The summed E-state index contributed by atoms with van der Waals surface area (Å²) in [4.78, 5) is 23.0. The smallest absolute Gasteiger partial charge is 0.347 e. The summed E-state index contributed by atoms with van der Waals surface area (Å²) >= 11 is 0. The van der Waals surface area contributed by atoms with E-state index in [0.717, 1.165) is 12.8 Å². The van der Waals surface area contributed by atoms with Gasteiger partial charge in [-0.3, -0.25) is 23.2 Å². The van der Waals surface area contributed by atoms with Crippen LogP contribution in [0.1, 0.15) is 33.1 Å². The van der Waals surface area contributed by atoms with E-state index in [2.05, 4.69) is 31.1 Å². The van der Waals surface area contributed by atoms with Gasteiger partial charge in [0.25, 0.3) is 0 Å². The summed E-state index contributed by atoms with van der Waals surface area (Å²) in [7, 11) is -2.12. The lowest BCUT2D eigenvalue weighted by molar-refractivity contribution is -0.124. The van der Waals surface area contributed by atoms with Crippen molar-refractivity contribution in [3.05, 3.63) is 12.7 Å². The van der Waals surface area contributed by atoms with Crippen molar-refractivity contribution in [2.45, 2.75) is 39.2 Å². The van der Waals surface area contributed by atoms with Gasteiger partial charge < -0.3 is 10.6 Å². The minimum absolute atomic E-state index is 0.0232. The van der Waals surface area contributed by atoms with Gasteiger partial charge in [0, 0.05) is 13.0 Å². The van der Waals surface area contributed by atoms with E-state index >= 15 is 0 Å². The van der Waals surface area contributed by atoms with Crippen molar-refractivity contribution in [1.82, 2.24) is 10.6 Å². The van der Waals surface area contributed by atoms with Crippen molar-refractivity contribution >= 4 is 20.0 Å². The van der Waals surface area contributed by atoms with Crippen LogP contribution in [0.25, 0.3) is 0 Å². The average Bonchev–Trinajstić information content (AvgIpc) is 2.61. The summed E-state index contributed by atoms with van der Waals surface area (Å²) in [5, 5.41) is 5.24. The van der Waals surface area contributed by atoms with Crippen LogP contribution < -0.4 is 10.6 Å². The van der Waals surface area contributed by atoms with Crippen LogP contribution in [0.5, 0.6) is 0 Å². The SMILES string of the molecule is C=CCOP(=O)(OCCNC)OCC(NC=O)C(=O)CCC(C)CC. The van der Waals surface area contributed by atoms with E-state index in [-0.39, 0.29) is 25.6 Å². The molecule has 3 unspecified atom stereocenters. The highest BCUT2D eigenvalue weighted by Crippen LogP contribution is 2.49. The van der Waals surface area contributed by atoms with E-state index in [1.807, 2.05) is 0 Å². The van der Waals surface area contributed by atoms with Crippen molar-refractivity contribution in [2.24, 2.45) is 5.92 Å². The quantitative estimate of drug-likeness (QED) is 0.173. The van der Waals surface area contributed by atoms with Gasteiger partial charge in [-0.1, -0.05) is 26.3 Å². The second kappa shape index (κ2) is 14.2. The van der Waals surface area contributed by atoms with Gasteiger partial charge in [0.15, 0.2) is 5.78 Å². The third-order valence-electron chi connectivity index (χ3n) is 3.59. The van der Waals surface area contributed by atoms with Crippen molar-refractivity contribution in [3.63, 3.8) is 0 Å². The highest BCUT2D eigenvalue weighted by Gasteiger charge is 2.29. The zero-order valence-corrected chi connectivity index (χ0v) is 16.3. The van der Waals surface area contributed by atoms with E-state index in [1.54, 1.807) is 7.05 Å². The van der Waals surface area contributed by atoms with Gasteiger partial charge in [-0.15, -0.1) is 6.58 Å². The second-order valence-electron chi connectivity index (χ2n) is 5.62. The molecule has 0 rings (SSSR count). The van der Waals surface area contributed by atoms with Gasteiger partial charge in [0.05, 0.1) is 19.8 Å². The highest BCUT2D eigenvalue weighted by atomic mass is 31.2. The number of Topliss-reactive ketones (excluding diaryl/α,β-unsaturated/α-hetero) is 1. The summed E-state index contributed by atoms with van der Waals surface area (Å²) in [6.45, 7) is 7.84. The molecule has 0 aliphatic rings. The molecule has 2 N–H and O–H groups in total. The zero-order valence-electron chi connectivity index (χ0n) is 15.4. The first-order valence-corrected chi connectivity index (χ1v) is 9.90. The predicted molar refractivity (Wildman–Crippen MR) is 96.3 cm³/mol. The Balaban J connectivity index is 4.72. The lowest BCUT2D eigenvalue weighted by Crippen LogP contribution is -2.39. The minimum Gasteiger partial charge on any atom is -0.347 e. The second-order valence-corrected chi connectivity index (χ2v) is 7.29. The van der Waals surface area contributed by atoms with Gasteiger partial charge in [-0.2, -0.15) is 0 Å². The monoisotopic (exact) mass is 378 g/mol. The fourth-order valence-corrected chi connectivity index (χ4v) is 2.92. The van der Waals surface area contributed by atoms with Crippen LogP contribution in [0.15, 0.2) is 12.7 Å². The van der Waals surface area contributed by atoms with E-state index < -0.39 is 13.9 Å². The molecule has 8 nitrogen and oxygen atoms in total. The molecule has 25 heavy (non-hydrogen) atoms. The number of phosphoric ester groups is 1. The Morgan fingerprint density at radius 1 is 1.32 bits per heavy atom. The molecule has 0 radical (unpaired) electrons. The molecular formula is C16H31N2O6P. The molecule has 0 bridgehead atoms. The maximum Gasteiger partial charge on any atom is 0.475 e. The molecule has 3 atom stereocenters. The molecular weight excluding hydrogens is 347 g/mol. The summed E-state index contributed by atoms with van der Waals surface area (Å²) < 4.78 is 28.0. The van der Waals surface area contributed by atoms with Crippen LogP contribution in [-0.2, 0) is 27.7 Å². The Morgan fingerprint density at radius 3 is 2.60 bits per heavy atom. The number of phosphoric acid groups is 1. The predicted octanol–water partition coefficient (Wildman–Crippen LogP) is 2.06. The Bertz CT molecular complexity index is 446. The molecule has 0 aliphatic carbocycles. The Hall–Kier alpha value is -1.05. The number of carbonyl (C=O) groups is 2. The molecule has 146 valence electrons. The lowest BCUT2D eigenvalue weighted by Gasteiger charge is -2.21. The first kappa shape index (κ1) is 23.9. The summed E-state index contributed by atoms with van der Waals surface area (Å²) in [6, 6.07) is -0.893. The molecule has 0 saturated heterocycles. The maximum atomic E-state index is 12.5. The molecule has 0 fully saturated rings. The third kappa shape index (κ3) is 11.2. The summed E-state index contributed by atoms with van der Waals surface area (Å²) in [5.74, 6) is 0.228. The Morgan fingerprint density at radius 2 is 2.04 bits per heavy atom. The minimum atomic E-state index is -3.85. The number of rotatable bonds is 17. The molecule has 0 aromatic rings. The van der Waals surface area contributed by atoms with Gasteiger partial charge in [-0.05, 0) is 19.4 Å². The number of likely N-dealkylation sites (N-methyl/N-ethyl adjacent to an activating group) is 1. The van der Waals surface area contributed by atoms with Gasteiger partial charge >= 0.3 is 7.82 Å². The lowest BCUT2D eigenvalue weighted by atomic mass is 9.99. The topological polar surface area (TPSA) is 103 Å². The van der Waals surface area contributed by atoms with Crippen molar-refractivity contribution in [2.75, 3.05) is 33.4 Å². The normalized spacial score (nSPS) is 15.8. The standard InChI is InChI=1S/C16H31N2O6P/c1-5-10-22-25(21,23-11-9-17-4)24-12-15(18-13-19)16(20)8-7-14(3)6-2/h5,13-15,17H,1,6-12H2,2-4H3,(H,18,19).